The number of pyridine rings is 1. The number of aromatic nitrogens is 1. The molecular weight excluding hydrogens is 290 g/mol. The van der Waals surface area contributed by atoms with E-state index in [0.717, 1.165) is 5.56 Å². The molecular formula is C14H13N3O3S. The van der Waals surface area contributed by atoms with Gasteiger partial charge in [0.1, 0.15) is 0 Å². The van der Waals surface area contributed by atoms with Crippen molar-refractivity contribution < 1.29 is 8.42 Å². The van der Waals surface area contributed by atoms with E-state index < -0.39 is 10.0 Å². The van der Waals surface area contributed by atoms with Crippen LogP contribution >= 0.6 is 0 Å². The zero-order valence-corrected chi connectivity index (χ0v) is 12.1. The average Bonchev–Trinajstić information content (AvgIpc) is 2.48. The van der Waals surface area contributed by atoms with Crippen LogP contribution in [0.4, 0.5) is 0 Å². The van der Waals surface area contributed by atoms with Crippen LogP contribution in [0.3, 0.4) is 0 Å². The molecule has 1 aromatic heterocycles. The molecule has 6 nitrogen and oxygen atoms in total. The highest BCUT2D eigenvalue weighted by Gasteiger charge is 2.20. The summed E-state index contributed by atoms with van der Waals surface area (Å²) in [7, 11) is -2.21. The van der Waals surface area contributed by atoms with Crippen molar-refractivity contribution in [1.82, 2.24) is 9.29 Å². The highest BCUT2D eigenvalue weighted by Crippen LogP contribution is 2.15. The lowest BCUT2D eigenvalue weighted by atomic mass is 10.1. The first-order chi connectivity index (χ1) is 9.93. The maximum absolute atomic E-state index is 12.3. The average molecular weight is 303 g/mol. The van der Waals surface area contributed by atoms with Crippen LogP contribution in [-0.2, 0) is 16.6 Å². The molecule has 1 N–H and O–H groups in total. The molecule has 1 heterocycles. The van der Waals surface area contributed by atoms with Crippen LogP contribution in [0.1, 0.15) is 11.1 Å². The van der Waals surface area contributed by atoms with Gasteiger partial charge in [-0.3, -0.25) is 4.79 Å². The number of benzene rings is 1. The Balaban J connectivity index is 2.22. The van der Waals surface area contributed by atoms with Gasteiger partial charge in [-0.15, -0.1) is 0 Å². The number of hydrogen-bond acceptors (Lipinski definition) is 4. The Morgan fingerprint density at radius 2 is 1.86 bits per heavy atom. The Bertz CT molecular complexity index is 813. The first-order valence-electron chi connectivity index (χ1n) is 6.07. The molecule has 0 aliphatic rings. The Morgan fingerprint density at radius 1 is 1.19 bits per heavy atom. The molecule has 7 heteroatoms. The third-order valence-electron chi connectivity index (χ3n) is 2.95. The van der Waals surface area contributed by atoms with Gasteiger partial charge < -0.3 is 4.98 Å². The smallest absolute Gasteiger partial charge is 0.247 e. The summed E-state index contributed by atoms with van der Waals surface area (Å²) >= 11 is 0. The minimum absolute atomic E-state index is 0.0262. The summed E-state index contributed by atoms with van der Waals surface area (Å²) in [5, 5.41) is 8.73. The van der Waals surface area contributed by atoms with Gasteiger partial charge in [0.25, 0.3) is 0 Å². The van der Waals surface area contributed by atoms with E-state index in [9.17, 15) is 13.2 Å². The van der Waals surface area contributed by atoms with Crippen LogP contribution in [0, 0.1) is 11.3 Å². The normalized spacial score (nSPS) is 11.3. The second kappa shape index (κ2) is 5.91. The number of nitrogens with one attached hydrogen (secondary N) is 1. The summed E-state index contributed by atoms with van der Waals surface area (Å²) < 4.78 is 25.8. The fourth-order valence-electron chi connectivity index (χ4n) is 1.76. The van der Waals surface area contributed by atoms with Crippen LogP contribution < -0.4 is 5.56 Å². The van der Waals surface area contributed by atoms with E-state index in [-0.39, 0.29) is 17.0 Å². The summed E-state index contributed by atoms with van der Waals surface area (Å²) in [6.45, 7) is 0.174. The molecule has 21 heavy (non-hydrogen) atoms. The minimum Gasteiger partial charge on any atom is -0.328 e. The van der Waals surface area contributed by atoms with E-state index in [1.54, 1.807) is 24.3 Å². The van der Waals surface area contributed by atoms with Crippen LogP contribution in [0.25, 0.3) is 0 Å². The molecule has 0 unspecified atom stereocenters. The lowest BCUT2D eigenvalue weighted by Gasteiger charge is -2.17. The van der Waals surface area contributed by atoms with Gasteiger partial charge in [-0.2, -0.15) is 9.57 Å². The summed E-state index contributed by atoms with van der Waals surface area (Å²) in [6, 6.07) is 11.1. The molecule has 0 aliphatic carbocycles. The second-order valence-electron chi connectivity index (χ2n) is 4.46. The number of rotatable bonds is 4. The van der Waals surface area contributed by atoms with Crippen LogP contribution in [0.5, 0.6) is 0 Å². The van der Waals surface area contributed by atoms with Gasteiger partial charge in [0.05, 0.1) is 16.5 Å². The van der Waals surface area contributed by atoms with Crippen molar-refractivity contribution in [2.24, 2.45) is 0 Å². The van der Waals surface area contributed by atoms with Crippen molar-refractivity contribution in [2.75, 3.05) is 7.05 Å². The number of nitriles is 1. The first kappa shape index (κ1) is 15.0. The summed E-state index contributed by atoms with van der Waals surface area (Å²) in [5.74, 6) is 0. The third-order valence-corrected chi connectivity index (χ3v) is 4.75. The maximum atomic E-state index is 12.3. The van der Waals surface area contributed by atoms with E-state index in [1.807, 2.05) is 6.07 Å². The summed E-state index contributed by atoms with van der Waals surface area (Å²) in [4.78, 5) is 13.3. The predicted octanol–water partition coefficient (Wildman–Crippen LogP) is 1.07. The molecule has 2 rings (SSSR count). The van der Waals surface area contributed by atoms with Crippen molar-refractivity contribution in [1.29, 1.82) is 5.26 Å². The molecule has 2 aromatic rings. The van der Waals surface area contributed by atoms with Crippen molar-refractivity contribution in [3.63, 3.8) is 0 Å². The number of H-pyrrole nitrogens is 1. The molecule has 108 valence electrons. The standard InChI is InChI=1S/C14H13N3O3S/c1-17(10-12-4-2-11(8-15)3-5-12)21(19,20)13-6-7-14(18)16-9-13/h2-7,9H,10H2,1H3,(H,16,18). The Kier molecular flexibility index (Phi) is 4.21. The van der Waals surface area contributed by atoms with Gasteiger partial charge in [-0.1, -0.05) is 12.1 Å². The number of aromatic amines is 1. The van der Waals surface area contributed by atoms with Crippen molar-refractivity contribution >= 4 is 10.0 Å². The molecule has 0 radical (unpaired) electrons. The number of hydrogen-bond donors (Lipinski definition) is 1. The molecule has 0 amide bonds. The first-order valence-corrected chi connectivity index (χ1v) is 7.51. The molecule has 0 spiro atoms. The van der Waals surface area contributed by atoms with Crippen LogP contribution in [0.2, 0.25) is 0 Å². The van der Waals surface area contributed by atoms with Gasteiger partial charge in [0.2, 0.25) is 15.6 Å². The summed E-state index contributed by atoms with van der Waals surface area (Å²) in [5.41, 5.74) is 0.929. The van der Waals surface area contributed by atoms with Gasteiger partial charge in [-0.05, 0) is 23.8 Å². The van der Waals surface area contributed by atoms with E-state index >= 15 is 0 Å². The predicted molar refractivity (Wildman–Crippen MR) is 76.9 cm³/mol. The molecule has 1 aromatic carbocycles. The van der Waals surface area contributed by atoms with E-state index in [2.05, 4.69) is 4.98 Å². The van der Waals surface area contributed by atoms with Crippen molar-refractivity contribution in [2.45, 2.75) is 11.4 Å². The monoisotopic (exact) mass is 303 g/mol. The van der Waals surface area contributed by atoms with Gasteiger partial charge in [0.15, 0.2) is 0 Å². The maximum Gasteiger partial charge on any atom is 0.247 e. The minimum atomic E-state index is -3.67. The summed E-state index contributed by atoms with van der Waals surface area (Å²) in [6.07, 6.45) is 1.17. The number of sulfonamides is 1. The van der Waals surface area contributed by atoms with Crippen molar-refractivity contribution in [3.05, 3.63) is 64.1 Å². The van der Waals surface area contributed by atoms with Crippen molar-refractivity contribution in [3.8, 4) is 6.07 Å². The third kappa shape index (κ3) is 3.37. The molecule has 0 bridgehead atoms. The molecule has 0 fully saturated rings. The van der Waals surface area contributed by atoms with Crippen LogP contribution in [0.15, 0.2) is 52.3 Å². The van der Waals surface area contributed by atoms with Gasteiger partial charge in [0, 0.05) is 25.9 Å². The Labute approximate surface area is 122 Å². The van der Waals surface area contributed by atoms with Gasteiger partial charge >= 0.3 is 0 Å². The molecule has 0 atom stereocenters. The zero-order chi connectivity index (χ0) is 15.5. The lowest BCUT2D eigenvalue weighted by Crippen LogP contribution is -2.27. The molecule has 0 saturated heterocycles. The highest BCUT2D eigenvalue weighted by molar-refractivity contribution is 7.89. The lowest BCUT2D eigenvalue weighted by molar-refractivity contribution is 0.466. The van der Waals surface area contributed by atoms with Crippen LogP contribution in [-0.4, -0.2) is 24.8 Å². The topological polar surface area (TPSA) is 94.0 Å². The molecule has 0 saturated carbocycles. The zero-order valence-electron chi connectivity index (χ0n) is 11.3. The van der Waals surface area contributed by atoms with E-state index in [1.165, 1.54) is 29.7 Å². The van der Waals surface area contributed by atoms with E-state index in [4.69, 9.17) is 5.26 Å². The second-order valence-corrected chi connectivity index (χ2v) is 6.50. The quantitative estimate of drug-likeness (QED) is 0.914. The highest BCUT2D eigenvalue weighted by atomic mass is 32.2. The fraction of sp³-hybridized carbons (Fsp3) is 0.143. The largest absolute Gasteiger partial charge is 0.328 e. The Hall–Kier alpha value is -2.43. The number of nitrogens with zero attached hydrogens (tertiary/aromatic N) is 2. The molecule has 0 aliphatic heterocycles. The Morgan fingerprint density at radius 3 is 2.38 bits per heavy atom. The SMILES string of the molecule is CN(Cc1ccc(C#N)cc1)S(=O)(=O)c1ccc(=O)[nH]c1. The van der Waals surface area contributed by atoms with E-state index in [0.29, 0.717) is 5.56 Å². The van der Waals surface area contributed by atoms with Gasteiger partial charge in [-0.25, -0.2) is 8.42 Å². The fourth-order valence-corrected chi connectivity index (χ4v) is 2.89.